The van der Waals surface area contributed by atoms with Gasteiger partial charge < -0.3 is 14.6 Å². The number of methoxy groups -OCH3 is 1. The number of anilines is 1. The van der Waals surface area contributed by atoms with Crippen molar-refractivity contribution in [3.8, 4) is 23.7 Å². The lowest BCUT2D eigenvalue weighted by Crippen LogP contribution is -2.44. The van der Waals surface area contributed by atoms with E-state index in [-0.39, 0.29) is 11.2 Å². The number of hydrogen-bond donors (Lipinski definition) is 1. The standard InChI is InChI=1S/C22H22N4O2/c1-4-16-19(26-12-8-22(2,28-3)9-13-26)17-14-15(20-23-10-5-11-24-20)6-7-18(17)25-21(16)27/h1,5-7,10-11,14H,8-9,12-13H2,2-3H3,(H,25,27). The minimum atomic E-state index is -0.242. The van der Waals surface area contributed by atoms with E-state index in [4.69, 9.17) is 11.2 Å². The van der Waals surface area contributed by atoms with Crippen LogP contribution in [0.4, 0.5) is 5.69 Å². The molecule has 28 heavy (non-hydrogen) atoms. The number of aromatic nitrogens is 3. The summed E-state index contributed by atoms with van der Waals surface area (Å²) in [6.07, 6.45) is 10.9. The number of pyridine rings is 1. The molecule has 0 spiro atoms. The molecule has 2 aromatic heterocycles. The van der Waals surface area contributed by atoms with Gasteiger partial charge in [-0.3, -0.25) is 4.79 Å². The van der Waals surface area contributed by atoms with Crippen molar-refractivity contribution in [3.63, 3.8) is 0 Å². The van der Waals surface area contributed by atoms with E-state index in [0.29, 0.717) is 11.4 Å². The quantitative estimate of drug-likeness (QED) is 0.714. The number of nitrogens with one attached hydrogen (secondary N) is 1. The first-order chi connectivity index (χ1) is 13.5. The molecule has 1 saturated heterocycles. The molecule has 142 valence electrons. The summed E-state index contributed by atoms with van der Waals surface area (Å²) < 4.78 is 5.66. The first kappa shape index (κ1) is 18.2. The van der Waals surface area contributed by atoms with Crippen LogP contribution in [0.25, 0.3) is 22.3 Å². The van der Waals surface area contributed by atoms with Crippen molar-refractivity contribution in [2.24, 2.45) is 0 Å². The summed E-state index contributed by atoms with van der Waals surface area (Å²) in [7, 11) is 1.75. The summed E-state index contributed by atoms with van der Waals surface area (Å²) in [5, 5.41) is 0.901. The Hall–Kier alpha value is -3.17. The van der Waals surface area contributed by atoms with Crippen LogP contribution < -0.4 is 10.5 Å². The molecule has 0 unspecified atom stereocenters. The van der Waals surface area contributed by atoms with E-state index in [2.05, 4.69) is 32.7 Å². The second-order valence-electron chi connectivity index (χ2n) is 7.30. The fourth-order valence-corrected chi connectivity index (χ4v) is 3.73. The van der Waals surface area contributed by atoms with Crippen molar-refractivity contribution in [1.82, 2.24) is 15.0 Å². The third kappa shape index (κ3) is 3.14. The van der Waals surface area contributed by atoms with Crippen molar-refractivity contribution in [2.45, 2.75) is 25.4 Å². The zero-order valence-electron chi connectivity index (χ0n) is 16.0. The molecule has 6 nitrogen and oxygen atoms in total. The van der Waals surface area contributed by atoms with E-state index in [1.54, 1.807) is 25.6 Å². The molecule has 1 fully saturated rings. The van der Waals surface area contributed by atoms with E-state index >= 15 is 0 Å². The SMILES string of the molecule is C#Cc1c(N2CCC(C)(OC)CC2)c2cc(-c3ncccn3)ccc2[nH]c1=O. The number of aromatic amines is 1. The fraction of sp³-hybridized carbons (Fsp3) is 0.318. The van der Waals surface area contributed by atoms with Crippen LogP contribution in [0.15, 0.2) is 41.5 Å². The van der Waals surface area contributed by atoms with E-state index in [9.17, 15) is 4.79 Å². The van der Waals surface area contributed by atoms with Gasteiger partial charge in [0.25, 0.3) is 5.56 Å². The highest BCUT2D eigenvalue weighted by atomic mass is 16.5. The Labute approximate surface area is 163 Å². The van der Waals surface area contributed by atoms with Crippen molar-refractivity contribution in [3.05, 3.63) is 52.6 Å². The lowest BCUT2D eigenvalue weighted by Gasteiger charge is -2.40. The number of fused-ring (bicyclic) bond motifs is 1. The predicted octanol–water partition coefficient (Wildman–Crippen LogP) is 2.97. The van der Waals surface area contributed by atoms with Gasteiger partial charge in [-0.1, -0.05) is 5.92 Å². The maximum absolute atomic E-state index is 12.6. The van der Waals surface area contributed by atoms with E-state index in [1.807, 2.05) is 18.2 Å². The molecule has 0 atom stereocenters. The zero-order chi connectivity index (χ0) is 19.7. The number of ether oxygens (including phenoxy) is 1. The highest BCUT2D eigenvalue weighted by Gasteiger charge is 2.31. The first-order valence-corrected chi connectivity index (χ1v) is 9.29. The molecule has 1 N–H and O–H groups in total. The third-order valence-corrected chi connectivity index (χ3v) is 5.59. The van der Waals surface area contributed by atoms with Crippen LogP contribution in [-0.4, -0.2) is 40.8 Å². The highest BCUT2D eigenvalue weighted by molar-refractivity contribution is 5.96. The van der Waals surface area contributed by atoms with E-state index < -0.39 is 0 Å². The van der Waals surface area contributed by atoms with E-state index in [0.717, 1.165) is 48.1 Å². The molecule has 1 aromatic carbocycles. The Morgan fingerprint density at radius 1 is 1.25 bits per heavy atom. The molecule has 1 aliphatic rings. The summed E-state index contributed by atoms with van der Waals surface area (Å²) in [5.41, 5.74) is 2.40. The van der Waals surface area contributed by atoms with Gasteiger partial charge in [0, 0.05) is 43.5 Å². The smallest absolute Gasteiger partial charge is 0.266 e. The number of H-pyrrole nitrogens is 1. The lowest BCUT2D eigenvalue weighted by molar-refractivity contribution is -0.0132. The number of nitrogens with zero attached hydrogens (tertiary/aromatic N) is 3. The van der Waals surface area contributed by atoms with Gasteiger partial charge in [-0.2, -0.15) is 0 Å². The van der Waals surface area contributed by atoms with Crippen molar-refractivity contribution in [1.29, 1.82) is 0 Å². The molecule has 1 aliphatic heterocycles. The summed E-state index contributed by atoms with van der Waals surface area (Å²) in [6.45, 7) is 3.65. The van der Waals surface area contributed by atoms with Gasteiger partial charge in [-0.15, -0.1) is 6.42 Å². The fourth-order valence-electron chi connectivity index (χ4n) is 3.73. The van der Waals surface area contributed by atoms with Gasteiger partial charge >= 0.3 is 0 Å². The van der Waals surface area contributed by atoms with Crippen molar-refractivity contribution in [2.75, 3.05) is 25.1 Å². The summed E-state index contributed by atoms with van der Waals surface area (Å²) in [5.74, 6) is 3.23. The number of piperidine rings is 1. The molecule has 3 heterocycles. The van der Waals surface area contributed by atoms with Crippen LogP contribution >= 0.6 is 0 Å². The molecule has 4 rings (SSSR count). The average molecular weight is 374 g/mol. The minimum absolute atomic E-state index is 0.146. The van der Waals surface area contributed by atoms with Gasteiger partial charge in [-0.05, 0) is 44.0 Å². The molecule has 0 bridgehead atoms. The average Bonchev–Trinajstić information content (AvgIpc) is 2.74. The molecule has 0 amide bonds. The Kier molecular flexibility index (Phi) is 4.62. The van der Waals surface area contributed by atoms with Gasteiger partial charge in [0.15, 0.2) is 5.82 Å². The monoisotopic (exact) mass is 374 g/mol. The maximum Gasteiger partial charge on any atom is 0.266 e. The number of terminal acetylenes is 1. The van der Waals surface area contributed by atoms with Gasteiger partial charge in [0.05, 0.1) is 16.8 Å². The largest absolute Gasteiger partial charge is 0.378 e. The van der Waals surface area contributed by atoms with Crippen molar-refractivity contribution >= 4 is 16.6 Å². The Morgan fingerprint density at radius 3 is 2.61 bits per heavy atom. The van der Waals surface area contributed by atoms with Crippen LogP contribution in [-0.2, 0) is 4.74 Å². The number of rotatable bonds is 3. The van der Waals surface area contributed by atoms with Gasteiger partial charge in [0.2, 0.25) is 0 Å². The van der Waals surface area contributed by atoms with Gasteiger partial charge in [-0.25, -0.2) is 9.97 Å². The Balaban J connectivity index is 1.88. The molecule has 0 saturated carbocycles. The van der Waals surface area contributed by atoms with Crippen LogP contribution in [0.1, 0.15) is 25.3 Å². The van der Waals surface area contributed by atoms with E-state index in [1.165, 1.54) is 0 Å². The zero-order valence-corrected chi connectivity index (χ0v) is 16.0. The Bertz CT molecular complexity index is 1110. The summed E-state index contributed by atoms with van der Waals surface area (Å²) >= 11 is 0. The van der Waals surface area contributed by atoms with Gasteiger partial charge in [0.1, 0.15) is 5.56 Å². The third-order valence-electron chi connectivity index (χ3n) is 5.59. The number of hydrogen-bond acceptors (Lipinski definition) is 5. The predicted molar refractivity (Wildman–Crippen MR) is 110 cm³/mol. The molecular weight excluding hydrogens is 352 g/mol. The maximum atomic E-state index is 12.6. The van der Waals surface area contributed by atoms with Crippen molar-refractivity contribution < 1.29 is 4.74 Å². The summed E-state index contributed by atoms with van der Waals surface area (Å²) in [4.78, 5) is 26.4. The summed E-state index contributed by atoms with van der Waals surface area (Å²) in [6, 6.07) is 7.58. The molecular formula is C22H22N4O2. The molecule has 0 aliphatic carbocycles. The normalized spacial score (nSPS) is 16.1. The minimum Gasteiger partial charge on any atom is -0.378 e. The molecule has 0 radical (unpaired) electrons. The van der Waals surface area contributed by atoms with Crippen LogP contribution in [0.2, 0.25) is 0 Å². The number of benzene rings is 1. The first-order valence-electron chi connectivity index (χ1n) is 9.29. The van der Waals surface area contributed by atoms with Crippen LogP contribution in [0.5, 0.6) is 0 Å². The Morgan fingerprint density at radius 2 is 1.96 bits per heavy atom. The lowest BCUT2D eigenvalue weighted by atomic mass is 9.92. The second-order valence-corrected chi connectivity index (χ2v) is 7.30. The second kappa shape index (κ2) is 7.10. The molecule has 3 aromatic rings. The topological polar surface area (TPSA) is 71.1 Å². The van der Waals surface area contributed by atoms with Crippen LogP contribution in [0, 0.1) is 12.3 Å². The highest BCUT2D eigenvalue weighted by Crippen LogP contribution is 2.34. The molecule has 6 heteroatoms. The van der Waals surface area contributed by atoms with Crippen LogP contribution in [0.3, 0.4) is 0 Å².